The van der Waals surface area contributed by atoms with Crippen LogP contribution in [0.2, 0.25) is 5.02 Å². The predicted molar refractivity (Wildman–Crippen MR) is 87.4 cm³/mol. The molecule has 1 aliphatic heterocycles. The van der Waals surface area contributed by atoms with Crippen LogP contribution in [0.25, 0.3) is 0 Å². The summed E-state index contributed by atoms with van der Waals surface area (Å²) in [5, 5.41) is 3.43. The van der Waals surface area contributed by atoms with Gasteiger partial charge in [0.25, 0.3) is 0 Å². The van der Waals surface area contributed by atoms with Crippen molar-refractivity contribution in [2.75, 3.05) is 29.1 Å². The van der Waals surface area contributed by atoms with Gasteiger partial charge in [-0.1, -0.05) is 11.6 Å². The number of carbonyl (C=O) groups is 1. The summed E-state index contributed by atoms with van der Waals surface area (Å²) in [6, 6.07) is 5.31. The second-order valence-corrected chi connectivity index (χ2v) is 6.64. The van der Waals surface area contributed by atoms with Crippen LogP contribution in [0, 0.1) is 0 Å². The fourth-order valence-corrected chi connectivity index (χ4v) is 3.55. The van der Waals surface area contributed by atoms with Crippen molar-refractivity contribution >= 4 is 40.6 Å². The zero-order valence-electron chi connectivity index (χ0n) is 11.7. The lowest BCUT2D eigenvalue weighted by Crippen LogP contribution is -2.50. The van der Waals surface area contributed by atoms with Crippen LogP contribution < -0.4 is 11.1 Å². The van der Waals surface area contributed by atoms with Gasteiger partial charge in [-0.05, 0) is 32.0 Å². The number of nitrogen functional groups attached to an aromatic ring is 1. The van der Waals surface area contributed by atoms with E-state index in [1.807, 2.05) is 18.7 Å². The molecule has 2 atom stereocenters. The molecule has 1 heterocycles. The lowest BCUT2D eigenvalue weighted by Gasteiger charge is -2.36. The van der Waals surface area contributed by atoms with Crippen LogP contribution in [0.15, 0.2) is 18.2 Å². The van der Waals surface area contributed by atoms with E-state index in [0.29, 0.717) is 22.4 Å². The van der Waals surface area contributed by atoms with Gasteiger partial charge in [-0.25, -0.2) is 0 Å². The number of benzene rings is 1. The minimum absolute atomic E-state index is 0.0438. The first kappa shape index (κ1) is 15.5. The van der Waals surface area contributed by atoms with Gasteiger partial charge in [0.05, 0.1) is 17.4 Å². The van der Waals surface area contributed by atoms with Crippen LogP contribution in [0.4, 0.5) is 11.4 Å². The number of anilines is 2. The van der Waals surface area contributed by atoms with E-state index < -0.39 is 0 Å². The van der Waals surface area contributed by atoms with Gasteiger partial charge >= 0.3 is 0 Å². The van der Waals surface area contributed by atoms with Gasteiger partial charge in [-0.2, -0.15) is 11.8 Å². The summed E-state index contributed by atoms with van der Waals surface area (Å²) in [7, 11) is 0. The molecule has 110 valence electrons. The largest absolute Gasteiger partial charge is 0.397 e. The third kappa shape index (κ3) is 3.59. The Bertz CT molecular complexity index is 497. The molecular weight excluding hydrogens is 294 g/mol. The second-order valence-electron chi connectivity index (χ2n) is 5.06. The average Bonchev–Trinajstić information content (AvgIpc) is 2.42. The van der Waals surface area contributed by atoms with E-state index in [0.717, 1.165) is 18.1 Å². The lowest BCUT2D eigenvalue weighted by atomic mass is 10.2. The van der Waals surface area contributed by atoms with Crippen LogP contribution in [0.1, 0.15) is 13.8 Å². The molecule has 0 radical (unpaired) electrons. The molecule has 2 unspecified atom stereocenters. The number of amides is 1. The number of hydrogen-bond donors (Lipinski definition) is 2. The highest BCUT2D eigenvalue weighted by Gasteiger charge is 2.28. The Morgan fingerprint density at radius 2 is 2.35 bits per heavy atom. The van der Waals surface area contributed by atoms with Crippen molar-refractivity contribution in [1.82, 2.24) is 4.90 Å². The summed E-state index contributed by atoms with van der Waals surface area (Å²) in [5.74, 6) is 2.09. The van der Waals surface area contributed by atoms with Crippen LogP contribution in [-0.4, -0.2) is 40.9 Å². The van der Waals surface area contributed by atoms with Crippen LogP contribution >= 0.6 is 23.4 Å². The first-order chi connectivity index (χ1) is 9.49. The monoisotopic (exact) mass is 313 g/mol. The van der Waals surface area contributed by atoms with E-state index in [2.05, 4.69) is 17.1 Å². The minimum Gasteiger partial charge on any atom is -0.397 e. The minimum atomic E-state index is -0.177. The van der Waals surface area contributed by atoms with Gasteiger partial charge in [0.1, 0.15) is 0 Å². The van der Waals surface area contributed by atoms with Crippen molar-refractivity contribution in [3.8, 4) is 0 Å². The van der Waals surface area contributed by atoms with Crippen LogP contribution in [-0.2, 0) is 4.79 Å². The van der Waals surface area contributed by atoms with E-state index in [1.165, 1.54) is 0 Å². The molecule has 1 aromatic rings. The average molecular weight is 314 g/mol. The molecule has 1 fully saturated rings. The molecule has 4 nitrogen and oxygen atoms in total. The molecule has 3 N–H and O–H groups in total. The Morgan fingerprint density at radius 3 is 3.05 bits per heavy atom. The molecule has 0 saturated carbocycles. The van der Waals surface area contributed by atoms with E-state index in [-0.39, 0.29) is 11.9 Å². The summed E-state index contributed by atoms with van der Waals surface area (Å²) < 4.78 is 0. The number of hydrogen-bond acceptors (Lipinski definition) is 4. The fourth-order valence-electron chi connectivity index (χ4n) is 2.34. The van der Waals surface area contributed by atoms with Gasteiger partial charge in [0.2, 0.25) is 5.91 Å². The van der Waals surface area contributed by atoms with E-state index in [1.54, 1.807) is 18.2 Å². The van der Waals surface area contributed by atoms with Crippen molar-refractivity contribution < 1.29 is 4.79 Å². The topological polar surface area (TPSA) is 58.4 Å². The highest BCUT2D eigenvalue weighted by molar-refractivity contribution is 7.99. The molecule has 20 heavy (non-hydrogen) atoms. The van der Waals surface area contributed by atoms with E-state index in [4.69, 9.17) is 17.3 Å². The number of rotatable bonds is 3. The summed E-state index contributed by atoms with van der Waals surface area (Å²) in [4.78, 5) is 14.6. The number of halogens is 1. The zero-order chi connectivity index (χ0) is 14.7. The third-order valence-electron chi connectivity index (χ3n) is 3.57. The maximum absolute atomic E-state index is 12.4. The van der Waals surface area contributed by atoms with E-state index >= 15 is 0 Å². The van der Waals surface area contributed by atoms with Crippen LogP contribution in [0.3, 0.4) is 0 Å². The fraction of sp³-hybridized carbons (Fsp3) is 0.500. The summed E-state index contributed by atoms with van der Waals surface area (Å²) in [6.07, 6.45) is 0. The molecule has 1 amide bonds. The molecule has 0 bridgehead atoms. The summed E-state index contributed by atoms with van der Waals surface area (Å²) >= 11 is 7.87. The third-order valence-corrected chi connectivity index (χ3v) is 4.99. The van der Waals surface area contributed by atoms with Crippen molar-refractivity contribution in [2.45, 2.75) is 25.9 Å². The number of nitrogens with two attached hydrogens (primary N) is 1. The van der Waals surface area contributed by atoms with E-state index in [9.17, 15) is 4.79 Å². The zero-order valence-corrected chi connectivity index (χ0v) is 13.3. The Labute approximate surface area is 129 Å². The van der Waals surface area contributed by atoms with Gasteiger partial charge < -0.3 is 11.1 Å². The van der Waals surface area contributed by atoms with Crippen molar-refractivity contribution in [1.29, 1.82) is 0 Å². The van der Waals surface area contributed by atoms with Crippen molar-refractivity contribution in [3.63, 3.8) is 0 Å². The maximum Gasteiger partial charge on any atom is 0.241 e. The van der Waals surface area contributed by atoms with Gasteiger partial charge in [-0.3, -0.25) is 9.69 Å². The number of carbonyl (C=O) groups excluding carboxylic acids is 1. The highest BCUT2D eigenvalue weighted by Crippen LogP contribution is 2.24. The number of nitrogens with zero attached hydrogens (tertiary/aromatic N) is 1. The van der Waals surface area contributed by atoms with Gasteiger partial charge in [0, 0.05) is 29.1 Å². The lowest BCUT2D eigenvalue weighted by molar-refractivity contribution is -0.121. The molecule has 2 rings (SSSR count). The Kier molecular flexibility index (Phi) is 5.18. The molecular formula is C14H20ClN3OS. The summed E-state index contributed by atoms with van der Waals surface area (Å²) in [6.45, 7) is 5.03. The molecule has 0 spiro atoms. The van der Waals surface area contributed by atoms with Crippen molar-refractivity contribution in [2.24, 2.45) is 0 Å². The predicted octanol–water partition coefficient (Wildman–Crippen LogP) is 2.69. The molecule has 1 aliphatic rings. The highest BCUT2D eigenvalue weighted by atomic mass is 35.5. The SMILES string of the molecule is CC1CSCCN1C(C)C(=O)Nc1cc(Cl)ccc1N. The first-order valence-corrected chi connectivity index (χ1v) is 8.21. The summed E-state index contributed by atoms with van der Waals surface area (Å²) in [5.41, 5.74) is 6.96. The second kappa shape index (κ2) is 6.70. The maximum atomic E-state index is 12.4. The van der Waals surface area contributed by atoms with Gasteiger partial charge in [-0.15, -0.1) is 0 Å². The molecule has 0 aromatic heterocycles. The molecule has 1 saturated heterocycles. The van der Waals surface area contributed by atoms with Crippen LogP contribution in [0.5, 0.6) is 0 Å². The molecule has 6 heteroatoms. The Hall–Kier alpha value is -0.910. The Morgan fingerprint density at radius 1 is 1.60 bits per heavy atom. The smallest absolute Gasteiger partial charge is 0.241 e. The number of thioether (sulfide) groups is 1. The standard InChI is InChI=1S/C14H20ClN3OS/c1-9-8-20-6-5-18(9)10(2)14(19)17-13-7-11(15)3-4-12(13)16/h3-4,7,9-10H,5-6,8,16H2,1-2H3,(H,17,19). The quantitative estimate of drug-likeness (QED) is 0.842. The Balaban J connectivity index is 2.05. The molecule has 1 aromatic carbocycles. The van der Waals surface area contributed by atoms with Gasteiger partial charge in [0.15, 0.2) is 0 Å². The normalized spacial score (nSPS) is 21.4. The number of nitrogens with one attached hydrogen (secondary N) is 1. The van der Waals surface area contributed by atoms with Crippen molar-refractivity contribution in [3.05, 3.63) is 23.2 Å². The molecule has 0 aliphatic carbocycles. The first-order valence-electron chi connectivity index (χ1n) is 6.68.